The number of rotatable bonds is 9. The topological polar surface area (TPSA) is 164 Å². The minimum absolute atomic E-state index is 0.00269. The van der Waals surface area contributed by atoms with Gasteiger partial charge in [-0.2, -0.15) is 0 Å². The van der Waals surface area contributed by atoms with Gasteiger partial charge in [0.15, 0.2) is 11.5 Å². The van der Waals surface area contributed by atoms with E-state index in [1.165, 1.54) is 37.3 Å². The van der Waals surface area contributed by atoms with Gasteiger partial charge in [0.05, 0.1) is 17.1 Å². The molecular formula is C21H19N3O8S. The van der Waals surface area contributed by atoms with E-state index in [1.807, 2.05) is 0 Å². The number of benzene rings is 1. The SMILES string of the molecule is CCOC(=O)c1sc(NC(=O)c2ccc(COc3ccccc3[N+](=O)[O-])o2)c(C(N)=O)c1C. The zero-order valence-corrected chi connectivity index (χ0v) is 18.4. The van der Waals surface area contributed by atoms with E-state index >= 15 is 0 Å². The second-order valence-electron chi connectivity index (χ2n) is 6.58. The summed E-state index contributed by atoms with van der Waals surface area (Å²) in [5.41, 5.74) is 5.53. The molecule has 0 fully saturated rings. The Labute approximate surface area is 191 Å². The fourth-order valence-corrected chi connectivity index (χ4v) is 4.01. The number of hydrogen-bond acceptors (Lipinski definition) is 9. The lowest BCUT2D eigenvalue weighted by atomic mass is 10.1. The molecule has 0 saturated heterocycles. The first-order valence-corrected chi connectivity index (χ1v) is 10.4. The van der Waals surface area contributed by atoms with Crippen LogP contribution in [0.3, 0.4) is 0 Å². The van der Waals surface area contributed by atoms with Crippen LogP contribution in [0.5, 0.6) is 5.75 Å². The number of esters is 1. The lowest BCUT2D eigenvalue weighted by Crippen LogP contribution is -2.17. The fourth-order valence-electron chi connectivity index (χ4n) is 2.91. The maximum atomic E-state index is 12.6. The molecule has 2 heterocycles. The number of primary amides is 1. The Morgan fingerprint density at radius 3 is 2.61 bits per heavy atom. The van der Waals surface area contributed by atoms with Crippen molar-refractivity contribution in [3.63, 3.8) is 0 Å². The quantitative estimate of drug-likeness (QED) is 0.270. The van der Waals surface area contributed by atoms with Crippen LogP contribution in [0.2, 0.25) is 0 Å². The molecule has 0 radical (unpaired) electrons. The Morgan fingerprint density at radius 2 is 1.94 bits per heavy atom. The molecule has 0 unspecified atom stereocenters. The molecule has 0 atom stereocenters. The minimum atomic E-state index is -0.812. The molecule has 0 saturated carbocycles. The lowest BCUT2D eigenvalue weighted by Gasteiger charge is -2.05. The van der Waals surface area contributed by atoms with E-state index < -0.39 is 22.7 Å². The highest BCUT2D eigenvalue weighted by molar-refractivity contribution is 7.18. The summed E-state index contributed by atoms with van der Waals surface area (Å²) in [6.07, 6.45) is 0. The molecule has 3 rings (SSSR count). The van der Waals surface area contributed by atoms with Gasteiger partial charge in [0, 0.05) is 6.07 Å². The summed E-state index contributed by atoms with van der Waals surface area (Å²) in [6.45, 7) is 3.17. The lowest BCUT2D eigenvalue weighted by molar-refractivity contribution is -0.386. The number of ether oxygens (including phenoxy) is 2. The van der Waals surface area contributed by atoms with Crippen LogP contribution in [-0.4, -0.2) is 29.3 Å². The van der Waals surface area contributed by atoms with Gasteiger partial charge < -0.3 is 24.9 Å². The van der Waals surface area contributed by atoms with Crippen LogP contribution in [0.15, 0.2) is 40.8 Å². The van der Waals surface area contributed by atoms with Crippen molar-refractivity contribution in [3.05, 3.63) is 74.0 Å². The molecule has 172 valence electrons. The smallest absolute Gasteiger partial charge is 0.348 e. The predicted octanol–water partition coefficient (Wildman–Crippen LogP) is 3.66. The summed E-state index contributed by atoms with van der Waals surface area (Å²) >= 11 is 0.867. The highest BCUT2D eigenvalue weighted by Gasteiger charge is 2.26. The molecule has 2 aromatic heterocycles. The van der Waals surface area contributed by atoms with E-state index in [0.29, 0.717) is 5.56 Å². The van der Waals surface area contributed by atoms with E-state index in [-0.39, 0.29) is 51.6 Å². The average molecular weight is 473 g/mol. The third kappa shape index (κ3) is 5.18. The molecule has 2 amide bonds. The van der Waals surface area contributed by atoms with Crippen LogP contribution in [0, 0.1) is 17.0 Å². The molecule has 0 aliphatic rings. The summed E-state index contributed by atoms with van der Waals surface area (Å²) in [4.78, 5) is 47.3. The predicted molar refractivity (Wildman–Crippen MR) is 118 cm³/mol. The van der Waals surface area contributed by atoms with Gasteiger partial charge in [0.2, 0.25) is 0 Å². The highest BCUT2D eigenvalue weighted by Crippen LogP contribution is 2.34. The molecule has 12 heteroatoms. The van der Waals surface area contributed by atoms with Gasteiger partial charge in [0.1, 0.15) is 22.2 Å². The Kier molecular flexibility index (Phi) is 7.08. The Morgan fingerprint density at radius 1 is 1.21 bits per heavy atom. The molecule has 0 aliphatic carbocycles. The number of nitro groups is 1. The first kappa shape index (κ1) is 23.5. The van der Waals surface area contributed by atoms with Gasteiger partial charge in [-0.1, -0.05) is 12.1 Å². The summed E-state index contributed by atoms with van der Waals surface area (Å²) in [5, 5.41) is 13.7. The van der Waals surface area contributed by atoms with Crippen molar-refractivity contribution in [2.24, 2.45) is 5.73 Å². The second-order valence-corrected chi connectivity index (χ2v) is 7.60. The zero-order chi connectivity index (χ0) is 24.1. The highest BCUT2D eigenvalue weighted by atomic mass is 32.1. The number of nitrogens with two attached hydrogens (primary N) is 1. The summed E-state index contributed by atoms with van der Waals surface area (Å²) in [7, 11) is 0. The first-order chi connectivity index (χ1) is 15.7. The van der Waals surface area contributed by atoms with Crippen molar-refractivity contribution in [2.45, 2.75) is 20.5 Å². The summed E-state index contributed by atoms with van der Waals surface area (Å²) in [6, 6.07) is 8.71. The van der Waals surface area contributed by atoms with Gasteiger partial charge >= 0.3 is 11.7 Å². The first-order valence-electron chi connectivity index (χ1n) is 9.59. The van der Waals surface area contributed by atoms with Crippen LogP contribution >= 0.6 is 11.3 Å². The number of nitro benzene ring substituents is 1. The Bertz CT molecular complexity index is 1230. The number of thiophene rings is 1. The number of furan rings is 1. The van der Waals surface area contributed by atoms with E-state index in [0.717, 1.165) is 11.3 Å². The number of amides is 2. The summed E-state index contributed by atoms with van der Waals surface area (Å²) in [5.74, 6) is -1.94. The number of carbonyl (C=O) groups excluding carboxylic acids is 3. The van der Waals surface area contributed by atoms with Gasteiger partial charge in [-0.05, 0) is 37.6 Å². The molecule has 3 N–H and O–H groups in total. The van der Waals surface area contributed by atoms with Crippen molar-refractivity contribution in [3.8, 4) is 5.75 Å². The normalized spacial score (nSPS) is 10.5. The third-order valence-electron chi connectivity index (χ3n) is 4.40. The average Bonchev–Trinajstić information content (AvgIpc) is 3.37. The van der Waals surface area contributed by atoms with Crippen molar-refractivity contribution in [1.29, 1.82) is 0 Å². The molecular weight excluding hydrogens is 454 g/mol. The van der Waals surface area contributed by atoms with Crippen LogP contribution in [0.4, 0.5) is 10.7 Å². The molecule has 0 aliphatic heterocycles. The van der Waals surface area contributed by atoms with E-state index in [2.05, 4.69) is 5.32 Å². The van der Waals surface area contributed by atoms with Gasteiger partial charge in [-0.25, -0.2) is 4.79 Å². The number of anilines is 1. The largest absolute Gasteiger partial charge is 0.479 e. The number of carbonyl (C=O) groups is 3. The molecule has 3 aromatic rings. The maximum absolute atomic E-state index is 12.6. The fraction of sp³-hybridized carbons (Fsp3) is 0.190. The second kappa shape index (κ2) is 9.96. The van der Waals surface area contributed by atoms with Crippen molar-refractivity contribution in [1.82, 2.24) is 0 Å². The minimum Gasteiger partial charge on any atom is -0.479 e. The Balaban J connectivity index is 1.75. The van der Waals surface area contributed by atoms with Crippen molar-refractivity contribution >= 4 is 39.8 Å². The van der Waals surface area contributed by atoms with Crippen molar-refractivity contribution in [2.75, 3.05) is 11.9 Å². The van der Waals surface area contributed by atoms with E-state index in [1.54, 1.807) is 13.0 Å². The number of nitrogens with zero attached hydrogens (tertiary/aromatic N) is 1. The van der Waals surface area contributed by atoms with Crippen LogP contribution in [0.1, 0.15) is 48.8 Å². The van der Waals surface area contributed by atoms with Crippen molar-refractivity contribution < 1.29 is 33.2 Å². The molecule has 1 aromatic carbocycles. The van der Waals surface area contributed by atoms with E-state index in [9.17, 15) is 24.5 Å². The van der Waals surface area contributed by atoms with Gasteiger partial charge in [0.25, 0.3) is 11.8 Å². The van der Waals surface area contributed by atoms with E-state index in [4.69, 9.17) is 19.6 Å². The van der Waals surface area contributed by atoms with Crippen LogP contribution in [0.25, 0.3) is 0 Å². The number of nitrogens with one attached hydrogen (secondary N) is 1. The third-order valence-corrected chi connectivity index (χ3v) is 5.59. The molecule has 11 nitrogen and oxygen atoms in total. The molecule has 0 spiro atoms. The zero-order valence-electron chi connectivity index (χ0n) is 17.6. The maximum Gasteiger partial charge on any atom is 0.348 e. The molecule has 33 heavy (non-hydrogen) atoms. The number of para-hydroxylation sites is 2. The monoisotopic (exact) mass is 473 g/mol. The molecule has 0 bridgehead atoms. The standard InChI is InChI=1S/C21H19N3O8S/c1-3-30-21(27)17-11(2)16(18(22)25)20(33-17)23-19(26)15-9-8-12(32-15)10-31-14-7-5-4-6-13(14)24(28)29/h4-9H,3,10H2,1-2H3,(H2,22,25)(H,23,26). The van der Waals surface area contributed by atoms with Crippen LogP contribution in [-0.2, 0) is 11.3 Å². The van der Waals surface area contributed by atoms with Gasteiger partial charge in [-0.15, -0.1) is 11.3 Å². The van der Waals surface area contributed by atoms with Gasteiger partial charge in [-0.3, -0.25) is 19.7 Å². The number of hydrogen-bond donors (Lipinski definition) is 2. The van der Waals surface area contributed by atoms with Crippen LogP contribution < -0.4 is 15.8 Å². The summed E-state index contributed by atoms with van der Waals surface area (Å²) < 4.78 is 15.9. The Hall–Kier alpha value is -4.19.